The van der Waals surface area contributed by atoms with Gasteiger partial charge in [0, 0.05) is 22.2 Å². The molecule has 0 N–H and O–H groups in total. The van der Waals surface area contributed by atoms with E-state index in [0.29, 0.717) is 0 Å². The molecule has 1 aliphatic rings. The summed E-state index contributed by atoms with van der Waals surface area (Å²) >= 11 is 0. The Labute approximate surface area is 307 Å². The first-order valence-corrected chi connectivity index (χ1v) is 18.1. The molecule has 9 rings (SSSR count). The van der Waals surface area contributed by atoms with Crippen molar-refractivity contribution in [3.8, 4) is 55.6 Å². The van der Waals surface area contributed by atoms with Crippen LogP contribution in [0.4, 0.5) is 17.1 Å². The van der Waals surface area contributed by atoms with Crippen LogP contribution in [0.3, 0.4) is 0 Å². The van der Waals surface area contributed by atoms with Crippen molar-refractivity contribution >= 4 is 17.1 Å². The standard InChI is InChI=1S/C51H39N/c1-51(2)46-29-14-12-27-44(46)50-43(28-17-30-47(50)51)42-26-13-15-31-48(42)52(41-25-16-24-39(34-41)36-18-6-3-7-19-36)49-33-32-40(37-20-8-4-9-21-37)35-45(49)38-22-10-5-11-23-38/h3-35H,1-2H3. The number of hydrogen-bond acceptors (Lipinski definition) is 1. The van der Waals surface area contributed by atoms with Crippen LogP contribution in [0.2, 0.25) is 0 Å². The number of hydrogen-bond donors (Lipinski definition) is 0. The average Bonchev–Trinajstić information content (AvgIpc) is 3.45. The molecule has 0 aromatic heterocycles. The van der Waals surface area contributed by atoms with E-state index in [4.69, 9.17) is 0 Å². The molecule has 52 heavy (non-hydrogen) atoms. The number of para-hydroxylation sites is 1. The summed E-state index contributed by atoms with van der Waals surface area (Å²) in [6.45, 7) is 4.71. The van der Waals surface area contributed by atoms with Gasteiger partial charge in [0.25, 0.3) is 0 Å². The number of anilines is 3. The first-order chi connectivity index (χ1) is 25.6. The molecule has 0 unspecified atom stereocenters. The van der Waals surface area contributed by atoms with Crippen molar-refractivity contribution in [2.45, 2.75) is 19.3 Å². The fraction of sp³-hybridized carbons (Fsp3) is 0.0588. The van der Waals surface area contributed by atoms with E-state index < -0.39 is 0 Å². The van der Waals surface area contributed by atoms with Crippen molar-refractivity contribution in [3.05, 3.63) is 211 Å². The second-order valence-corrected chi connectivity index (χ2v) is 14.1. The Morgan fingerprint density at radius 2 is 0.827 bits per heavy atom. The van der Waals surface area contributed by atoms with Crippen LogP contribution < -0.4 is 4.90 Å². The van der Waals surface area contributed by atoms with Crippen LogP contribution in [0, 0.1) is 0 Å². The Kier molecular flexibility index (Phi) is 7.90. The summed E-state index contributed by atoms with van der Waals surface area (Å²) in [5, 5.41) is 0. The molecule has 0 saturated carbocycles. The highest BCUT2D eigenvalue weighted by Crippen LogP contribution is 2.54. The summed E-state index contributed by atoms with van der Waals surface area (Å²) in [4.78, 5) is 2.48. The molecule has 1 nitrogen and oxygen atoms in total. The van der Waals surface area contributed by atoms with E-state index in [2.05, 4.69) is 219 Å². The quantitative estimate of drug-likeness (QED) is 0.164. The summed E-state index contributed by atoms with van der Waals surface area (Å²) < 4.78 is 0. The summed E-state index contributed by atoms with van der Waals surface area (Å²) in [6.07, 6.45) is 0. The van der Waals surface area contributed by atoms with E-state index in [9.17, 15) is 0 Å². The van der Waals surface area contributed by atoms with Gasteiger partial charge in [0.05, 0.1) is 11.4 Å². The van der Waals surface area contributed by atoms with Gasteiger partial charge in [-0.25, -0.2) is 0 Å². The second-order valence-electron chi connectivity index (χ2n) is 14.1. The molecule has 1 aliphatic carbocycles. The van der Waals surface area contributed by atoms with Gasteiger partial charge >= 0.3 is 0 Å². The molecule has 0 atom stereocenters. The first kappa shape index (κ1) is 31.5. The molecule has 0 fully saturated rings. The Morgan fingerprint density at radius 1 is 0.327 bits per heavy atom. The maximum atomic E-state index is 2.48. The zero-order chi connectivity index (χ0) is 35.1. The van der Waals surface area contributed by atoms with Crippen LogP contribution in [0.5, 0.6) is 0 Å². The van der Waals surface area contributed by atoms with Gasteiger partial charge in [0.2, 0.25) is 0 Å². The molecule has 248 valence electrons. The SMILES string of the molecule is CC1(C)c2ccccc2-c2c(-c3ccccc3N(c3cccc(-c4ccccc4)c3)c3ccc(-c4ccccc4)cc3-c3ccccc3)cccc21. The molecular formula is C51H39N. The van der Waals surface area contributed by atoms with E-state index in [-0.39, 0.29) is 5.41 Å². The van der Waals surface area contributed by atoms with Gasteiger partial charge < -0.3 is 4.90 Å². The fourth-order valence-corrected chi connectivity index (χ4v) is 8.13. The molecule has 8 aromatic rings. The summed E-state index contributed by atoms with van der Waals surface area (Å²) in [6, 6.07) is 72.8. The molecule has 0 spiro atoms. The van der Waals surface area contributed by atoms with Crippen LogP contribution in [0.1, 0.15) is 25.0 Å². The van der Waals surface area contributed by atoms with Crippen LogP contribution >= 0.6 is 0 Å². The Balaban J connectivity index is 1.32. The smallest absolute Gasteiger partial charge is 0.0540 e. The first-order valence-electron chi connectivity index (χ1n) is 18.1. The van der Waals surface area contributed by atoms with Gasteiger partial charge in [-0.1, -0.05) is 184 Å². The van der Waals surface area contributed by atoms with Crippen molar-refractivity contribution in [1.82, 2.24) is 0 Å². The Hall–Kier alpha value is -6.44. The van der Waals surface area contributed by atoms with Crippen LogP contribution in [0.25, 0.3) is 55.6 Å². The maximum Gasteiger partial charge on any atom is 0.0540 e. The Bertz CT molecular complexity index is 2530. The van der Waals surface area contributed by atoms with Gasteiger partial charge in [0.1, 0.15) is 0 Å². The second kappa shape index (κ2) is 13.0. The molecule has 0 heterocycles. The third kappa shape index (κ3) is 5.43. The summed E-state index contributed by atoms with van der Waals surface area (Å²) in [5.41, 5.74) is 18.2. The third-order valence-corrected chi connectivity index (χ3v) is 10.7. The molecule has 1 heteroatoms. The van der Waals surface area contributed by atoms with Crippen molar-refractivity contribution in [1.29, 1.82) is 0 Å². The zero-order valence-electron chi connectivity index (χ0n) is 29.5. The van der Waals surface area contributed by atoms with Gasteiger partial charge in [-0.3, -0.25) is 0 Å². The minimum atomic E-state index is -0.0890. The highest BCUT2D eigenvalue weighted by molar-refractivity contribution is 6.00. The highest BCUT2D eigenvalue weighted by atomic mass is 15.1. The van der Waals surface area contributed by atoms with Crippen LogP contribution in [0.15, 0.2) is 200 Å². The fourth-order valence-electron chi connectivity index (χ4n) is 8.13. The van der Waals surface area contributed by atoms with Crippen molar-refractivity contribution in [3.63, 3.8) is 0 Å². The number of rotatable bonds is 7. The van der Waals surface area contributed by atoms with E-state index >= 15 is 0 Å². The van der Waals surface area contributed by atoms with Crippen molar-refractivity contribution in [2.75, 3.05) is 4.90 Å². The predicted octanol–water partition coefficient (Wildman–Crippen LogP) is 14.1. The molecule has 0 saturated heterocycles. The predicted molar refractivity (Wildman–Crippen MR) is 220 cm³/mol. The lowest BCUT2D eigenvalue weighted by Gasteiger charge is -2.31. The third-order valence-electron chi connectivity index (χ3n) is 10.7. The average molecular weight is 666 g/mol. The van der Waals surface area contributed by atoms with Gasteiger partial charge in [-0.15, -0.1) is 0 Å². The summed E-state index contributed by atoms with van der Waals surface area (Å²) in [7, 11) is 0. The lowest BCUT2D eigenvalue weighted by molar-refractivity contribution is 0.660. The van der Waals surface area contributed by atoms with E-state index in [1.54, 1.807) is 0 Å². The van der Waals surface area contributed by atoms with E-state index in [1.165, 1.54) is 66.8 Å². The van der Waals surface area contributed by atoms with Gasteiger partial charge in [-0.05, 0) is 86.0 Å². The molecule has 0 radical (unpaired) electrons. The maximum absolute atomic E-state index is 2.48. The normalized spacial score (nSPS) is 12.6. The molecule has 0 aliphatic heterocycles. The van der Waals surface area contributed by atoms with Crippen molar-refractivity contribution < 1.29 is 0 Å². The van der Waals surface area contributed by atoms with Gasteiger partial charge in [0.15, 0.2) is 0 Å². The molecular weight excluding hydrogens is 627 g/mol. The minimum Gasteiger partial charge on any atom is -0.309 e. The Morgan fingerprint density at radius 3 is 1.54 bits per heavy atom. The number of nitrogens with zero attached hydrogens (tertiary/aromatic N) is 1. The van der Waals surface area contributed by atoms with E-state index in [1.807, 2.05) is 0 Å². The highest BCUT2D eigenvalue weighted by Gasteiger charge is 2.37. The number of fused-ring (bicyclic) bond motifs is 3. The largest absolute Gasteiger partial charge is 0.309 e. The topological polar surface area (TPSA) is 3.24 Å². The van der Waals surface area contributed by atoms with Crippen LogP contribution in [-0.4, -0.2) is 0 Å². The van der Waals surface area contributed by atoms with Gasteiger partial charge in [-0.2, -0.15) is 0 Å². The number of benzene rings is 8. The van der Waals surface area contributed by atoms with Crippen LogP contribution in [-0.2, 0) is 5.41 Å². The lowest BCUT2D eigenvalue weighted by atomic mass is 9.82. The summed E-state index contributed by atoms with van der Waals surface area (Å²) in [5.74, 6) is 0. The lowest BCUT2D eigenvalue weighted by Crippen LogP contribution is -2.15. The minimum absolute atomic E-state index is 0.0890. The zero-order valence-corrected chi connectivity index (χ0v) is 29.5. The molecule has 0 amide bonds. The molecule has 8 aromatic carbocycles. The monoisotopic (exact) mass is 665 g/mol. The van der Waals surface area contributed by atoms with Crippen molar-refractivity contribution in [2.24, 2.45) is 0 Å². The van der Waals surface area contributed by atoms with E-state index in [0.717, 1.165) is 17.1 Å². The molecule has 0 bridgehead atoms.